The molecule has 1 aliphatic rings. The molecule has 1 aliphatic heterocycles. The predicted molar refractivity (Wildman–Crippen MR) is 223 cm³/mol. The van der Waals surface area contributed by atoms with Crippen molar-refractivity contribution in [1.29, 1.82) is 0 Å². The third kappa shape index (κ3) is 5.84. The van der Waals surface area contributed by atoms with Crippen LogP contribution >= 0.6 is 11.8 Å². The van der Waals surface area contributed by atoms with Crippen LogP contribution in [0.3, 0.4) is 0 Å². The molecular weight excluding hydrogens is 665 g/mol. The maximum Gasteiger partial charge on any atom is 0.136 e. The highest BCUT2D eigenvalue weighted by atomic mass is 32.2. The first-order valence-corrected chi connectivity index (χ1v) is 18.8. The van der Waals surface area contributed by atoms with Crippen LogP contribution in [0.4, 0.5) is 22.7 Å². The van der Waals surface area contributed by atoms with E-state index in [-0.39, 0.29) is 5.37 Å². The number of rotatable bonds is 7. The molecule has 1 aromatic heterocycles. The summed E-state index contributed by atoms with van der Waals surface area (Å²) in [5.41, 5.74) is 14.6. The molecule has 53 heavy (non-hydrogen) atoms. The maximum atomic E-state index is 6.49. The number of anilines is 4. The lowest BCUT2D eigenvalue weighted by Crippen LogP contribution is -2.09. The summed E-state index contributed by atoms with van der Waals surface area (Å²) in [5.74, 6) is 0. The molecule has 9 aromatic rings. The smallest absolute Gasteiger partial charge is 0.136 e. The van der Waals surface area contributed by atoms with E-state index in [1.165, 1.54) is 38.1 Å². The molecule has 3 nitrogen and oxygen atoms in total. The summed E-state index contributed by atoms with van der Waals surface area (Å²) in [6, 6.07) is 69.1. The highest BCUT2D eigenvalue weighted by Crippen LogP contribution is 2.52. The lowest BCUT2D eigenvalue weighted by molar-refractivity contribution is 0.668. The molecule has 252 valence electrons. The van der Waals surface area contributed by atoms with Crippen molar-refractivity contribution in [3.8, 4) is 33.4 Å². The van der Waals surface area contributed by atoms with Crippen LogP contribution < -0.4 is 10.2 Å². The zero-order valence-electron chi connectivity index (χ0n) is 28.8. The van der Waals surface area contributed by atoms with E-state index in [4.69, 9.17) is 4.42 Å². The lowest BCUT2D eigenvalue weighted by atomic mass is 10.0. The molecule has 0 radical (unpaired) electrons. The third-order valence-corrected chi connectivity index (χ3v) is 11.4. The van der Waals surface area contributed by atoms with Crippen molar-refractivity contribution in [3.05, 3.63) is 200 Å². The normalized spacial score (nSPS) is 13.5. The van der Waals surface area contributed by atoms with Gasteiger partial charge in [-0.1, -0.05) is 145 Å². The molecule has 0 aliphatic carbocycles. The first kappa shape index (κ1) is 31.3. The number of nitrogens with one attached hydrogen (secondary N) is 1. The van der Waals surface area contributed by atoms with E-state index in [0.717, 1.165) is 50.4 Å². The minimum absolute atomic E-state index is 0.183. The second-order valence-corrected chi connectivity index (χ2v) is 14.5. The number of thioether (sulfide) groups is 1. The van der Waals surface area contributed by atoms with E-state index in [1.807, 2.05) is 11.8 Å². The Hall–Kier alpha value is -6.49. The Bertz CT molecular complexity index is 2610. The van der Waals surface area contributed by atoms with Gasteiger partial charge in [-0.05, 0) is 99.6 Å². The van der Waals surface area contributed by atoms with Gasteiger partial charge in [-0.15, -0.1) is 0 Å². The molecule has 10 rings (SSSR count). The van der Waals surface area contributed by atoms with Crippen LogP contribution in [-0.2, 0) is 0 Å². The Balaban J connectivity index is 0.983. The number of nitrogens with zero attached hydrogens (tertiary/aromatic N) is 1. The van der Waals surface area contributed by atoms with Crippen molar-refractivity contribution < 1.29 is 4.42 Å². The third-order valence-electron chi connectivity index (χ3n) is 10.1. The summed E-state index contributed by atoms with van der Waals surface area (Å²) < 4.78 is 6.49. The summed E-state index contributed by atoms with van der Waals surface area (Å²) >= 11 is 1.86. The molecule has 0 bridgehead atoms. The number of fused-ring (bicyclic) bond motifs is 5. The highest BCUT2D eigenvalue weighted by Gasteiger charge is 2.27. The zero-order chi connectivity index (χ0) is 35.1. The summed E-state index contributed by atoms with van der Waals surface area (Å²) in [7, 11) is 0. The minimum Gasteiger partial charge on any atom is -0.456 e. The Morgan fingerprint density at radius 2 is 0.906 bits per heavy atom. The van der Waals surface area contributed by atoms with Gasteiger partial charge in [0, 0.05) is 38.4 Å². The predicted octanol–water partition coefficient (Wildman–Crippen LogP) is 14.3. The van der Waals surface area contributed by atoms with Crippen LogP contribution in [-0.4, -0.2) is 0 Å². The SMILES string of the molecule is c1ccc(-c2ccc(N(c3ccc(-c4ccccc4)cc3)c3ccc(-c4ccc5c(c4)oc4ccc6c(c45)SC(c4ccccc4)N6)cc3)cc2)cc1. The summed E-state index contributed by atoms with van der Waals surface area (Å²) in [6.45, 7) is 0. The van der Waals surface area contributed by atoms with E-state index in [1.54, 1.807) is 0 Å². The van der Waals surface area contributed by atoms with Gasteiger partial charge in [0.1, 0.15) is 16.5 Å². The largest absolute Gasteiger partial charge is 0.456 e. The first-order valence-electron chi connectivity index (χ1n) is 17.9. The van der Waals surface area contributed by atoms with Crippen LogP contribution in [0.2, 0.25) is 0 Å². The fourth-order valence-electron chi connectivity index (χ4n) is 7.44. The van der Waals surface area contributed by atoms with Crippen molar-refractivity contribution in [3.63, 3.8) is 0 Å². The van der Waals surface area contributed by atoms with Crippen LogP contribution in [0.25, 0.3) is 55.3 Å². The molecule has 0 saturated heterocycles. The molecule has 1 unspecified atom stereocenters. The van der Waals surface area contributed by atoms with Gasteiger partial charge in [-0.2, -0.15) is 0 Å². The quantitative estimate of drug-likeness (QED) is 0.179. The van der Waals surface area contributed by atoms with Gasteiger partial charge in [0.25, 0.3) is 0 Å². The van der Waals surface area contributed by atoms with Crippen molar-refractivity contribution in [2.24, 2.45) is 0 Å². The summed E-state index contributed by atoms with van der Waals surface area (Å²) in [5, 5.41) is 6.22. The molecule has 8 aromatic carbocycles. The Kier molecular flexibility index (Phi) is 7.81. The van der Waals surface area contributed by atoms with E-state index in [0.29, 0.717) is 0 Å². The highest BCUT2D eigenvalue weighted by molar-refractivity contribution is 8.00. The van der Waals surface area contributed by atoms with E-state index in [2.05, 4.69) is 204 Å². The van der Waals surface area contributed by atoms with Gasteiger partial charge >= 0.3 is 0 Å². The second-order valence-electron chi connectivity index (χ2n) is 13.4. The Morgan fingerprint density at radius 3 is 1.45 bits per heavy atom. The topological polar surface area (TPSA) is 28.4 Å². The molecule has 4 heteroatoms. The molecule has 1 atom stereocenters. The van der Waals surface area contributed by atoms with Crippen molar-refractivity contribution in [1.82, 2.24) is 0 Å². The van der Waals surface area contributed by atoms with Gasteiger partial charge < -0.3 is 14.6 Å². The van der Waals surface area contributed by atoms with E-state index in [9.17, 15) is 0 Å². The van der Waals surface area contributed by atoms with Gasteiger partial charge in [-0.25, -0.2) is 0 Å². The molecule has 0 spiro atoms. The number of hydrogen-bond donors (Lipinski definition) is 1. The fourth-order valence-corrected chi connectivity index (χ4v) is 8.73. The fraction of sp³-hybridized carbons (Fsp3) is 0.0204. The van der Waals surface area contributed by atoms with E-state index < -0.39 is 0 Å². The average molecular weight is 699 g/mol. The van der Waals surface area contributed by atoms with E-state index >= 15 is 0 Å². The van der Waals surface area contributed by atoms with Crippen molar-refractivity contribution >= 4 is 56.4 Å². The number of benzene rings is 8. The lowest BCUT2D eigenvalue weighted by Gasteiger charge is -2.26. The van der Waals surface area contributed by atoms with Gasteiger partial charge in [-0.3, -0.25) is 0 Å². The van der Waals surface area contributed by atoms with Gasteiger partial charge in [0.2, 0.25) is 0 Å². The Labute approximate surface area is 313 Å². The van der Waals surface area contributed by atoms with Gasteiger partial charge in [0.05, 0.1) is 0 Å². The number of furan rings is 1. The van der Waals surface area contributed by atoms with Crippen LogP contribution in [0, 0.1) is 0 Å². The molecule has 0 saturated carbocycles. The molecule has 2 heterocycles. The monoisotopic (exact) mass is 698 g/mol. The summed E-state index contributed by atoms with van der Waals surface area (Å²) in [4.78, 5) is 3.57. The van der Waals surface area contributed by atoms with Gasteiger partial charge in [0.15, 0.2) is 0 Å². The number of hydrogen-bond acceptors (Lipinski definition) is 4. The van der Waals surface area contributed by atoms with Crippen LogP contribution in [0.5, 0.6) is 0 Å². The van der Waals surface area contributed by atoms with Crippen molar-refractivity contribution in [2.45, 2.75) is 10.3 Å². The molecule has 0 amide bonds. The molecule has 1 N–H and O–H groups in total. The average Bonchev–Trinajstić information content (AvgIpc) is 3.84. The van der Waals surface area contributed by atoms with Crippen LogP contribution in [0.1, 0.15) is 10.9 Å². The first-order chi connectivity index (χ1) is 26.2. The second kappa shape index (κ2) is 13.2. The summed E-state index contributed by atoms with van der Waals surface area (Å²) in [6.07, 6.45) is 0. The molecular formula is C49H34N2OS. The van der Waals surface area contributed by atoms with Crippen molar-refractivity contribution in [2.75, 3.05) is 10.2 Å². The van der Waals surface area contributed by atoms with Crippen LogP contribution in [0.15, 0.2) is 203 Å². The Morgan fingerprint density at radius 1 is 0.434 bits per heavy atom. The standard InChI is InChI=1S/C49H34N2OS/c1-4-10-33(11-5-1)35-16-23-40(24-17-35)51(41-25-18-36(19-26-41)34-12-6-2-7-13-34)42-27-20-37(21-28-42)39-22-29-43-46(32-39)52-45-31-30-44-48(47(43)45)53-49(50-44)38-14-8-3-9-15-38/h1-32,49-50H. The maximum absolute atomic E-state index is 6.49. The molecule has 0 fully saturated rings. The minimum atomic E-state index is 0.183. The zero-order valence-corrected chi connectivity index (χ0v) is 29.6.